The second kappa shape index (κ2) is 6.30. The van der Waals surface area contributed by atoms with Crippen molar-refractivity contribution in [1.82, 2.24) is 8.61 Å². The van der Waals surface area contributed by atoms with Crippen LogP contribution < -0.4 is 0 Å². The van der Waals surface area contributed by atoms with Crippen LogP contribution >= 0.6 is 0 Å². The van der Waals surface area contributed by atoms with Crippen molar-refractivity contribution in [3.63, 3.8) is 0 Å². The smallest absolute Gasteiger partial charge is 0.282 e. The van der Waals surface area contributed by atoms with Gasteiger partial charge < -0.3 is 5.11 Å². The molecule has 0 unspecified atom stereocenters. The van der Waals surface area contributed by atoms with Crippen molar-refractivity contribution in [2.75, 3.05) is 19.6 Å². The molecule has 5 nitrogen and oxygen atoms in total. The van der Waals surface area contributed by atoms with Crippen LogP contribution in [0.5, 0.6) is 0 Å². The Kier molecular flexibility index (Phi) is 5.10. The summed E-state index contributed by atoms with van der Waals surface area (Å²) in [6.07, 6.45) is 3.13. The summed E-state index contributed by atoms with van der Waals surface area (Å²) in [5.41, 5.74) is 0. The van der Waals surface area contributed by atoms with Crippen molar-refractivity contribution >= 4 is 10.2 Å². The summed E-state index contributed by atoms with van der Waals surface area (Å²) in [4.78, 5) is 0. The molecule has 4 atom stereocenters. The maximum absolute atomic E-state index is 12.9. The topological polar surface area (TPSA) is 60.9 Å². The first-order valence-corrected chi connectivity index (χ1v) is 9.17. The minimum atomic E-state index is -3.44. The van der Waals surface area contributed by atoms with E-state index in [-0.39, 0.29) is 6.04 Å². The summed E-state index contributed by atoms with van der Waals surface area (Å²) in [6, 6.07) is -0.263. The molecule has 2 aliphatic heterocycles. The molecule has 0 aromatic rings. The lowest BCUT2D eigenvalue weighted by Crippen LogP contribution is -2.56. The zero-order chi connectivity index (χ0) is 14.9. The van der Waals surface area contributed by atoms with Gasteiger partial charge in [-0.2, -0.15) is 17.0 Å². The molecule has 2 heterocycles. The average Bonchev–Trinajstić information content (AvgIpc) is 2.37. The van der Waals surface area contributed by atoms with Gasteiger partial charge in [0.15, 0.2) is 0 Å². The number of hydrogen-bond acceptors (Lipinski definition) is 3. The molecule has 0 spiro atoms. The van der Waals surface area contributed by atoms with Crippen molar-refractivity contribution in [2.45, 2.75) is 58.6 Å². The second-order valence-electron chi connectivity index (χ2n) is 6.69. The van der Waals surface area contributed by atoms with E-state index < -0.39 is 16.3 Å². The lowest BCUT2D eigenvalue weighted by molar-refractivity contribution is 0.0765. The minimum Gasteiger partial charge on any atom is -0.392 e. The van der Waals surface area contributed by atoms with Gasteiger partial charge in [0, 0.05) is 19.6 Å². The lowest BCUT2D eigenvalue weighted by atomic mass is 9.94. The minimum absolute atomic E-state index is 0.263. The van der Waals surface area contributed by atoms with E-state index in [1.165, 1.54) is 0 Å². The predicted molar refractivity (Wildman–Crippen MR) is 79.5 cm³/mol. The van der Waals surface area contributed by atoms with E-state index in [1.807, 2.05) is 0 Å². The molecule has 0 saturated carbocycles. The highest BCUT2D eigenvalue weighted by molar-refractivity contribution is 7.86. The first kappa shape index (κ1) is 16.2. The quantitative estimate of drug-likeness (QED) is 0.858. The van der Waals surface area contributed by atoms with Crippen molar-refractivity contribution in [3.8, 4) is 0 Å². The van der Waals surface area contributed by atoms with Gasteiger partial charge in [-0.05, 0) is 38.0 Å². The fourth-order valence-electron chi connectivity index (χ4n) is 3.64. The highest BCUT2D eigenvalue weighted by atomic mass is 32.2. The molecule has 0 radical (unpaired) electrons. The highest BCUT2D eigenvalue weighted by Crippen LogP contribution is 2.29. The van der Waals surface area contributed by atoms with Crippen LogP contribution in [0.25, 0.3) is 0 Å². The Morgan fingerprint density at radius 1 is 1.15 bits per heavy atom. The molecule has 20 heavy (non-hydrogen) atoms. The Balaban J connectivity index is 2.19. The molecule has 0 aromatic carbocycles. The van der Waals surface area contributed by atoms with Crippen LogP contribution in [0, 0.1) is 11.8 Å². The van der Waals surface area contributed by atoms with E-state index in [0.29, 0.717) is 31.5 Å². The lowest BCUT2D eigenvalue weighted by Gasteiger charge is -2.42. The number of nitrogens with zero attached hydrogens (tertiary/aromatic N) is 2. The molecule has 0 aromatic heterocycles. The number of aliphatic hydroxyl groups excluding tert-OH is 1. The molecule has 2 rings (SSSR count). The van der Waals surface area contributed by atoms with Gasteiger partial charge in [-0.3, -0.25) is 0 Å². The zero-order valence-corrected chi connectivity index (χ0v) is 13.6. The summed E-state index contributed by atoms with van der Waals surface area (Å²) < 4.78 is 29.0. The van der Waals surface area contributed by atoms with Crippen molar-refractivity contribution < 1.29 is 13.5 Å². The molecular formula is C14H28N2O3S. The summed E-state index contributed by atoms with van der Waals surface area (Å²) in [6.45, 7) is 7.67. The SMILES string of the molecule is C[C@@H]1C[C@H](C)CN(S(=O)(=O)N2CCCC[C@@H]2[C@@H](C)O)C1. The Morgan fingerprint density at radius 2 is 1.75 bits per heavy atom. The maximum Gasteiger partial charge on any atom is 0.282 e. The van der Waals surface area contributed by atoms with Crippen molar-refractivity contribution in [2.24, 2.45) is 11.8 Å². The fraction of sp³-hybridized carbons (Fsp3) is 1.00. The Morgan fingerprint density at radius 3 is 2.30 bits per heavy atom. The van der Waals surface area contributed by atoms with E-state index in [2.05, 4.69) is 13.8 Å². The first-order chi connectivity index (χ1) is 9.32. The van der Waals surface area contributed by atoms with E-state index in [0.717, 1.165) is 25.7 Å². The van der Waals surface area contributed by atoms with Crippen LogP contribution in [0.15, 0.2) is 0 Å². The Bertz CT molecular complexity index is 414. The third-order valence-electron chi connectivity index (χ3n) is 4.51. The fourth-order valence-corrected chi connectivity index (χ4v) is 5.81. The Labute approximate surface area is 123 Å². The highest BCUT2D eigenvalue weighted by Gasteiger charge is 2.40. The zero-order valence-electron chi connectivity index (χ0n) is 12.8. The summed E-state index contributed by atoms with van der Waals surface area (Å²) in [5, 5.41) is 9.89. The normalized spacial score (nSPS) is 35.9. The van der Waals surface area contributed by atoms with Gasteiger partial charge in [-0.1, -0.05) is 20.3 Å². The molecule has 2 aliphatic rings. The van der Waals surface area contributed by atoms with E-state index >= 15 is 0 Å². The molecule has 0 aliphatic carbocycles. The maximum atomic E-state index is 12.9. The van der Waals surface area contributed by atoms with Crippen molar-refractivity contribution in [3.05, 3.63) is 0 Å². The summed E-state index contributed by atoms with van der Waals surface area (Å²) in [7, 11) is -3.44. The van der Waals surface area contributed by atoms with Gasteiger partial charge in [-0.25, -0.2) is 0 Å². The van der Waals surface area contributed by atoms with E-state index in [9.17, 15) is 13.5 Å². The largest absolute Gasteiger partial charge is 0.392 e. The predicted octanol–water partition coefficient (Wildman–Crippen LogP) is 1.44. The third-order valence-corrected chi connectivity index (χ3v) is 6.51. The van der Waals surface area contributed by atoms with Gasteiger partial charge in [0.1, 0.15) is 0 Å². The monoisotopic (exact) mass is 304 g/mol. The average molecular weight is 304 g/mol. The summed E-state index contributed by atoms with van der Waals surface area (Å²) in [5.74, 6) is 0.812. The molecule has 0 bridgehead atoms. The molecule has 0 amide bonds. The molecule has 2 saturated heterocycles. The third kappa shape index (κ3) is 3.35. The van der Waals surface area contributed by atoms with Crippen LogP contribution in [0.1, 0.15) is 46.5 Å². The van der Waals surface area contributed by atoms with Gasteiger partial charge in [0.05, 0.1) is 12.1 Å². The number of piperidine rings is 2. The second-order valence-corrected chi connectivity index (χ2v) is 8.57. The van der Waals surface area contributed by atoms with E-state index in [1.54, 1.807) is 15.5 Å². The van der Waals surface area contributed by atoms with Crippen LogP contribution in [0.4, 0.5) is 0 Å². The molecule has 1 N–H and O–H groups in total. The summed E-state index contributed by atoms with van der Waals surface area (Å²) >= 11 is 0. The number of aliphatic hydroxyl groups is 1. The standard InChI is InChI=1S/C14H28N2O3S/c1-11-8-12(2)10-15(9-11)20(18,19)16-7-5-4-6-14(16)13(3)17/h11-14,17H,4-10H2,1-3H3/t11-,12+,13-,14-/m1/s1. The van der Waals surface area contributed by atoms with Gasteiger partial charge in [0.25, 0.3) is 10.2 Å². The molecule has 118 valence electrons. The van der Waals surface area contributed by atoms with Crippen LogP contribution in [0.3, 0.4) is 0 Å². The first-order valence-electron chi connectivity index (χ1n) is 7.77. The van der Waals surface area contributed by atoms with Crippen molar-refractivity contribution in [1.29, 1.82) is 0 Å². The number of rotatable bonds is 3. The molecule has 6 heteroatoms. The van der Waals surface area contributed by atoms with Gasteiger partial charge in [-0.15, -0.1) is 0 Å². The Hall–Kier alpha value is -0.170. The van der Waals surface area contributed by atoms with Crippen LogP contribution in [-0.4, -0.2) is 53.9 Å². The van der Waals surface area contributed by atoms with E-state index in [4.69, 9.17) is 0 Å². The molecular weight excluding hydrogens is 276 g/mol. The van der Waals surface area contributed by atoms with Gasteiger partial charge in [0.2, 0.25) is 0 Å². The van der Waals surface area contributed by atoms with Crippen LogP contribution in [0.2, 0.25) is 0 Å². The number of hydrogen-bond donors (Lipinski definition) is 1. The molecule has 2 fully saturated rings. The van der Waals surface area contributed by atoms with Gasteiger partial charge >= 0.3 is 0 Å². The van der Waals surface area contributed by atoms with Crippen LogP contribution in [-0.2, 0) is 10.2 Å².